The summed E-state index contributed by atoms with van der Waals surface area (Å²) in [5, 5.41) is 3.65. The maximum Gasteiger partial charge on any atom is 0.258 e. The molecule has 1 N–H and O–H groups in total. The van der Waals surface area contributed by atoms with Crippen molar-refractivity contribution < 1.29 is 23.1 Å². The fourth-order valence-electron chi connectivity index (χ4n) is 7.48. The minimum Gasteiger partial charge on any atom is -0.540 e. The van der Waals surface area contributed by atoms with Crippen molar-refractivity contribution in [3.63, 3.8) is 0 Å². The van der Waals surface area contributed by atoms with Crippen LogP contribution in [0.5, 0.6) is 17.2 Å². The van der Waals surface area contributed by atoms with Crippen LogP contribution >= 0.6 is 0 Å². The molecule has 5 rings (SSSR count). The molecule has 0 radical (unpaired) electrons. The largest absolute Gasteiger partial charge is 0.540 e. The molecule has 0 amide bonds. The van der Waals surface area contributed by atoms with E-state index in [0.29, 0.717) is 45.7 Å². The van der Waals surface area contributed by atoms with Gasteiger partial charge in [-0.05, 0) is 84.9 Å². The van der Waals surface area contributed by atoms with Crippen LogP contribution in [-0.2, 0) is 0 Å². The molecule has 0 atom stereocenters. The number of benzene rings is 3. The van der Waals surface area contributed by atoms with E-state index in [2.05, 4.69) is 85.8 Å². The number of carbonyl (C=O) groups is 1. The molecule has 0 fully saturated rings. The summed E-state index contributed by atoms with van der Waals surface area (Å²) in [5.74, 6) is 2.09. The molecule has 232 valence electrons. The molecule has 44 heavy (non-hydrogen) atoms. The van der Waals surface area contributed by atoms with Gasteiger partial charge in [0.15, 0.2) is 12.0 Å². The van der Waals surface area contributed by atoms with Crippen LogP contribution in [0.3, 0.4) is 0 Å². The van der Waals surface area contributed by atoms with Crippen molar-refractivity contribution in [1.82, 2.24) is 0 Å². The van der Waals surface area contributed by atoms with E-state index < -0.39 is 14.1 Å². The van der Waals surface area contributed by atoms with E-state index in [0.717, 1.165) is 39.3 Å². The number of allylic oxidation sites excluding steroid dienone is 1. The lowest BCUT2D eigenvalue weighted by atomic mass is 9.82. The van der Waals surface area contributed by atoms with Crippen molar-refractivity contribution in [2.45, 2.75) is 84.5 Å². The molecule has 2 aliphatic heterocycles. The highest BCUT2D eigenvalue weighted by Gasteiger charge is 2.48. The van der Waals surface area contributed by atoms with Gasteiger partial charge in [-0.2, -0.15) is 0 Å². The Hall–Kier alpha value is -3.84. The van der Waals surface area contributed by atoms with Crippen molar-refractivity contribution in [2.24, 2.45) is 0 Å². The molecule has 5 nitrogen and oxygen atoms in total. The van der Waals surface area contributed by atoms with Crippen LogP contribution in [0.4, 0.5) is 10.1 Å². The Balaban J connectivity index is 1.80. The zero-order valence-corrected chi connectivity index (χ0v) is 28.5. The molecule has 0 saturated carbocycles. The highest BCUT2D eigenvalue weighted by molar-refractivity contribution is 6.78. The average Bonchev–Trinajstić information content (AvgIpc) is 2.94. The first-order valence-electron chi connectivity index (χ1n) is 15.4. The Kier molecular flexibility index (Phi) is 8.31. The molecule has 7 heteroatoms. The Bertz CT molecular complexity index is 1660. The maximum atomic E-state index is 14.0. The van der Waals surface area contributed by atoms with E-state index in [4.69, 9.17) is 13.9 Å². The first kappa shape index (κ1) is 31.6. The van der Waals surface area contributed by atoms with Crippen LogP contribution in [0.15, 0.2) is 48.5 Å². The molecule has 0 aromatic heterocycles. The smallest absolute Gasteiger partial charge is 0.258 e. The number of halogens is 1. The van der Waals surface area contributed by atoms with Crippen molar-refractivity contribution in [2.75, 3.05) is 12.4 Å². The van der Waals surface area contributed by atoms with Gasteiger partial charge < -0.3 is 19.2 Å². The van der Waals surface area contributed by atoms with Gasteiger partial charge in [-0.25, -0.2) is 4.39 Å². The maximum absolute atomic E-state index is 14.0. The second kappa shape index (κ2) is 11.6. The van der Waals surface area contributed by atoms with Crippen LogP contribution in [0.2, 0.25) is 16.6 Å². The van der Waals surface area contributed by atoms with Gasteiger partial charge in [0, 0.05) is 27.9 Å². The van der Waals surface area contributed by atoms with E-state index in [1.165, 1.54) is 12.1 Å². The van der Waals surface area contributed by atoms with E-state index in [1.54, 1.807) is 13.2 Å². The molecule has 0 saturated heterocycles. The summed E-state index contributed by atoms with van der Waals surface area (Å²) in [6, 6.07) is 12.3. The Morgan fingerprint density at radius 1 is 0.909 bits per heavy atom. The van der Waals surface area contributed by atoms with Gasteiger partial charge in [-0.3, -0.25) is 4.79 Å². The van der Waals surface area contributed by atoms with Gasteiger partial charge >= 0.3 is 0 Å². The fraction of sp³-hybridized carbons (Fsp3) is 0.378. The zero-order chi connectivity index (χ0) is 32.1. The van der Waals surface area contributed by atoms with Gasteiger partial charge in [0.2, 0.25) is 0 Å². The summed E-state index contributed by atoms with van der Waals surface area (Å²) in [6.07, 6.45) is 4.70. The molecule has 2 heterocycles. The summed E-state index contributed by atoms with van der Waals surface area (Å²) >= 11 is 0. The standard InChI is InChI=1S/C37H44FNO4Si/c1-21(2)44(22(3)4,23(5)6)43-31-16-15-30-35(36(31)41-10)28-13-14-29-33(24(7)19-37(8,9)39-29)34(28)32(42-30)18-25-11-12-27(38)17-26(25)20-40/h11-23,39H,1-10H3/b32-18-. The molecule has 3 aromatic carbocycles. The number of nitrogens with one attached hydrogen (secondary N) is 1. The molecule has 0 spiro atoms. The molecule has 2 aliphatic rings. The lowest BCUT2D eigenvalue weighted by Gasteiger charge is -2.42. The molecule has 0 bridgehead atoms. The summed E-state index contributed by atoms with van der Waals surface area (Å²) in [5.41, 5.74) is 7.49. The lowest BCUT2D eigenvalue weighted by Crippen LogP contribution is -2.50. The highest BCUT2D eigenvalue weighted by atomic mass is 28.4. The SMILES string of the molecule is COc1c(O[Si](C(C)C)(C(C)C)C(C)C)ccc2c1-c1ccc3c(c1/C(=C/c1ccc(F)cc1C=O)O2)C(C)=CC(C)(C)N3. The number of rotatable bonds is 8. The first-order chi connectivity index (χ1) is 20.7. The molecular weight excluding hydrogens is 569 g/mol. The molecular formula is C37H44FNO4Si. The quantitative estimate of drug-likeness (QED) is 0.202. The van der Waals surface area contributed by atoms with E-state index in [1.807, 2.05) is 18.2 Å². The minimum atomic E-state index is -2.30. The Morgan fingerprint density at radius 3 is 2.20 bits per heavy atom. The molecule has 0 aliphatic carbocycles. The first-order valence-corrected chi connectivity index (χ1v) is 17.6. The number of carbonyl (C=O) groups excluding carboxylic acids is 1. The summed E-state index contributed by atoms with van der Waals surface area (Å²) < 4.78 is 34.1. The second-order valence-electron chi connectivity index (χ2n) is 13.5. The number of fused-ring (bicyclic) bond motifs is 5. The summed E-state index contributed by atoms with van der Waals surface area (Å²) in [4.78, 5) is 11.9. The van der Waals surface area contributed by atoms with Gasteiger partial charge in [0.05, 0.1) is 18.2 Å². The fourth-order valence-corrected chi connectivity index (χ4v) is 12.7. The zero-order valence-electron chi connectivity index (χ0n) is 27.5. The predicted molar refractivity (Wildman–Crippen MR) is 182 cm³/mol. The number of ether oxygens (including phenoxy) is 2. The lowest BCUT2D eigenvalue weighted by molar-refractivity contribution is 0.112. The third-order valence-electron chi connectivity index (χ3n) is 9.11. The van der Waals surface area contributed by atoms with Crippen LogP contribution < -0.4 is 19.2 Å². The van der Waals surface area contributed by atoms with Crippen LogP contribution in [-0.4, -0.2) is 27.3 Å². The molecule has 3 aromatic rings. The van der Waals surface area contributed by atoms with Crippen molar-refractivity contribution >= 4 is 37.7 Å². The topological polar surface area (TPSA) is 56.8 Å². The third kappa shape index (κ3) is 5.25. The van der Waals surface area contributed by atoms with Crippen molar-refractivity contribution in [1.29, 1.82) is 0 Å². The summed E-state index contributed by atoms with van der Waals surface area (Å²) in [6.45, 7) is 20.0. The molecule has 0 unspecified atom stereocenters. The average molecular weight is 614 g/mol. The van der Waals surface area contributed by atoms with Gasteiger partial charge in [0.1, 0.15) is 23.1 Å². The Morgan fingerprint density at radius 2 is 1.59 bits per heavy atom. The van der Waals surface area contributed by atoms with Gasteiger partial charge in [-0.15, -0.1) is 0 Å². The number of methoxy groups -OCH3 is 1. The van der Waals surface area contributed by atoms with Gasteiger partial charge in [-0.1, -0.05) is 59.8 Å². The number of anilines is 1. The van der Waals surface area contributed by atoms with Gasteiger partial charge in [0.25, 0.3) is 8.32 Å². The van der Waals surface area contributed by atoms with Crippen molar-refractivity contribution in [3.05, 3.63) is 76.6 Å². The van der Waals surface area contributed by atoms with E-state index >= 15 is 0 Å². The normalized spacial score (nSPS) is 16.1. The van der Waals surface area contributed by atoms with Crippen molar-refractivity contribution in [3.8, 4) is 28.4 Å². The van der Waals surface area contributed by atoms with E-state index in [-0.39, 0.29) is 11.1 Å². The monoisotopic (exact) mass is 613 g/mol. The Labute approximate surface area is 262 Å². The number of aldehydes is 1. The predicted octanol–water partition coefficient (Wildman–Crippen LogP) is 10.4. The summed E-state index contributed by atoms with van der Waals surface area (Å²) in [7, 11) is -0.618. The van der Waals surface area contributed by atoms with E-state index in [9.17, 15) is 9.18 Å². The van der Waals surface area contributed by atoms with Crippen LogP contribution in [0.1, 0.15) is 89.4 Å². The van der Waals surface area contributed by atoms with Crippen LogP contribution in [0.25, 0.3) is 28.5 Å². The minimum absolute atomic E-state index is 0.235. The number of hydrogen-bond acceptors (Lipinski definition) is 5. The second-order valence-corrected chi connectivity index (χ2v) is 18.9. The van der Waals surface area contributed by atoms with Crippen LogP contribution in [0, 0.1) is 5.82 Å². The third-order valence-corrected chi connectivity index (χ3v) is 15.1. The highest BCUT2D eigenvalue weighted by Crippen LogP contribution is 2.55. The number of hydrogen-bond donors (Lipinski definition) is 1.